The Kier molecular flexibility index (Phi) is 5.63. The van der Waals surface area contributed by atoms with Crippen LogP contribution in [0.15, 0.2) is 18.3 Å². The van der Waals surface area contributed by atoms with Gasteiger partial charge < -0.3 is 10.4 Å². The van der Waals surface area contributed by atoms with Gasteiger partial charge in [0, 0.05) is 12.7 Å². The van der Waals surface area contributed by atoms with Crippen LogP contribution in [0.5, 0.6) is 0 Å². The summed E-state index contributed by atoms with van der Waals surface area (Å²) >= 11 is 0. The van der Waals surface area contributed by atoms with Crippen molar-refractivity contribution in [2.75, 3.05) is 6.54 Å². The van der Waals surface area contributed by atoms with E-state index in [9.17, 15) is 9.90 Å². The predicted molar refractivity (Wildman–Crippen MR) is 66.6 cm³/mol. The summed E-state index contributed by atoms with van der Waals surface area (Å²) in [5, 5.41) is 12.1. The van der Waals surface area contributed by atoms with E-state index in [1.165, 1.54) is 0 Å². The Labute approximate surface area is 102 Å². The molecule has 4 heteroatoms. The number of amides is 1. The normalized spacial score (nSPS) is 12.2. The second kappa shape index (κ2) is 7.01. The van der Waals surface area contributed by atoms with E-state index in [1.54, 1.807) is 6.20 Å². The lowest BCUT2D eigenvalue weighted by Crippen LogP contribution is -2.28. The molecule has 1 atom stereocenters. The van der Waals surface area contributed by atoms with Crippen molar-refractivity contribution in [2.45, 2.75) is 39.2 Å². The van der Waals surface area contributed by atoms with Gasteiger partial charge in [0.15, 0.2) is 0 Å². The highest BCUT2D eigenvalue weighted by Crippen LogP contribution is 2.03. The van der Waals surface area contributed by atoms with Crippen LogP contribution in [0.4, 0.5) is 0 Å². The topological polar surface area (TPSA) is 62.2 Å². The lowest BCUT2D eigenvalue weighted by Gasteiger charge is -2.09. The molecule has 94 valence electrons. The van der Waals surface area contributed by atoms with E-state index < -0.39 is 0 Å². The molecule has 1 aromatic rings. The molecule has 2 N–H and O–H groups in total. The summed E-state index contributed by atoms with van der Waals surface area (Å²) in [4.78, 5) is 15.8. The minimum absolute atomic E-state index is 0.0462. The number of carbonyl (C=O) groups is 1. The van der Waals surface area contributed by atoms with Crippen molar-refractivity contribution in [3.05, 3.63) is 29.6 Å². The fourth-order valence-electron chi connectivity index (χ4n) is 1.50. The van der Waals surface area contributed by atoms with Gasteiger partial charge in [-0.3, -0.25) is 9.78 Å². The Morgan fingerprint density at radius 2 is 2.35 bits per heavy atom. The van der Waals surface area contributed by atoms with Gasteiger partial charge in [-0.15, -0.1) is 0 Å². The van der Waals surface area contributed by atoms with Gasteiger partial charge in [0.05, 0.1) is 18.2 Å². The quantitative estimate of drug-likeness (QED) is 0.780. The van der Waals surface area contributed by atoms with Gasteiger partial charge >= 0.3 is 0 Å². The van der Waals surface area contributed by atoms with Crippen LogP contribution < -0.4 is 5.32 Å². The van der Waals surface area contributed by atoms with Gasteiger partial charge in [-0.1, -0.05) is 13.0 Å². The first-order valence-electron chi connectivity index (χ1n) is 5.98. The van der Waals surface area contributed by atoms with E-state index in [1.807, 2.05) is 26.0 Å². The Morgan fingerprint density at radius 1 is 1.59 bits per heavy atom. The van der Waals surface area contributed by atoms with Gasteiger partial charge in [-0.2, -0.15) is 0 Å². The molecule has 0 bridgehead atoms. The minimum atomic E-state index is -0.327. The van der Waals surface area contributed by atoms with Gasteiger partial charge in [0.25, 0.3) is 0 Å². The van der Waals surface area contributed by atoms with Crippen molar-refractivity contribution in [2.24, 2.45) is 0 Å². The summed E-state index contributed by atoms with van der Waals surface area (Å²) in [7, 11) is 0. The summed E-state index contributed by atoms with van der Waals surface area (Å²) in [6, 6.07) is 3.80. The predicted octanol–water partition coefficient (Wildman–Crippen LogP) is 1.21. The summed E-state index contributed by atoms with van der Waals surface area (Å²) in [6.07, 6.45) is 2.98. The highest BCUT2D eigenvalue weighted by Gasteiger charge is 2.07. The first-order valence-corrected chi connectivity index (χ1v) is 5.98. The molecule has 1 rings (SSSR count). The van der Waals surface area contributed by atoms with E-state index in [0.717, 1.165) is 17.7 Å². The summed E-state index contributed by atoms with van der Waals surface area (Å²) in [5.41, 5.74) is 1.83. The summed E-state index contributed by atoms with van der Waals surface area (Å²) in [6.45, 7) is 4.37. The van der Waals surface area contributed by atoms with Crippen LogP contribution in [0, 0.1) is 6.92 Å². The molecule has 1 unspecified atom stereocenters. The molecule has 0 radical (unpaired) electrons. The maximum Gasteiger partial charge on any atom is 0.226 e. The monoisotopic (exact) mass is 236 g/mol. The van der Waals surface area contributed by atoms with Crippen molar-refractivity contribution >= 4 is 5.91 Å². The van der Waals surface area contributed by atoms with Crippen molar-refractivity contribution < 1.29 is 9.90 Å². The number of hydrogen-bond acceptors (Lipinski definition) is 3. The van der Waals surface area contributed by atoms with Crippen LogP contribution in [0.1, 0.15) is 31.0 Å². The third-order valence-corrected chi connectivity index (χ3v) is 2.72. The minimum Gasteiger partial charge on any atom is -0.393 e. The summed E-state index contributed by atoms with van der Waals surface area (Å²) in [5.74, 6) is -0.0462. The number of nitrogens with zero attached hydrogens (tertiary/aromatic N) is 1. The standard InChI is InChI=1S/C13H20N2O2/c1-3-11(16)6-8-15-13(17)9-12-10(2)5-4-7-14-12/h4-5,7,11,16H,3,6,8-9H2,1-2H3,(H,15,17). The Hall–Kier alpha value is -1.42. The molecule has 17 heavy (non-hydrogen) atoms. The van der Waals surface area contributed by atoms with Gasteiger partial charge in [0.1, 0.15) is 0 Å². The zero-order valence-corrected chi connectivity index (χ0v) is 10.4. The maximum atomic E-state index is 11.6. The first-order chi connectivity index (χ1) is 8.13. The molecule has 1 heterocycles. The van der Waals surface area contributed by atoms with E-state index >= 15 is 0 Å². The lowest BCUT2D eigenvalue weighted by atomic mass is 10.1. The molecule has 4 nitrogen and oxygen atoms in total. The smallest absolute Gasteiger partial charge is 0.226 e. The number of rotatable bonds is 6. The van der Waals surface area contributed by atoms with Crippen LogP contribution in [0.3, 0.4) is 0 Å². The molecule has 1 amide bonds. The molecule has 0 spiro atoms. The Bertz CT molecular complexity index is 366. The van der Waals surface area contributed by atoms with Crippen LogP contribution in [0.25, 0.3) is 0 Å². The SMILES string of the molecule is CCC(O)CCNC(=O)Cc1ncccc1C. The van der Waals surface area contributed by atoms with E-state index in [0.29, 0.717) is 19.4 Å². The average Bonchev–Trinajstić information content (AvgIpc) is 2.32. The van der Waals surface area contributed by atoms with Crippen LogP contribution in [0.2, 0.25) is 0 Å². The third-order valence-electron chi connectivity index (χ3n) is 2.72. The second-order valence-electron chi connectivity index (χ2n) is 4.14. The molecular weight excluding hydrogens is 216 g/mol. The molecule has 0 aromatic carbocycles. The molecule has 0 fully saturated rings. The second-order valence-corrected chi connectivity index (χ2v) is 4.14. The van der Waals surface area contributed by atoms with Gasteiger partial charge in [-0.05, 0) is 31.4 Å². The number of aliphatic hydroxyl groups is 1. The molecule has 0 saturated heterocycles. The van der Waals surface area contributed by atoms with Gasteiger partial charge in [0.2, 0.25) is 5.91 Å². The van der Waals surface area contributed by atoms with E-state index in [4.69, 9.17) is 0 Å². The van der Waals surface area contributed by atoms with Crippen molar-refractivity contribution in [3.8, 4) is 0 Å². The number of aliphatic hydroxyl groups excluding tert-OH is 1. The average molecular weight is 236 g/mol. The number of carbonyl (C=O) groups excluding carboxylic acids is 1. The molecule has 0 aliphatic carbocycles. The molecule has 0 saturated carbocycles. The van der Waals surface area contributed by atoms with Crippen LogP contribution in [-0.2, 0) is 11.2 Å². The van der Waals surface area contributed by atoms with Crippen LogP contribution >= 0.6 is 0 Å². The molecule has 0 aliphatic heterocycles. The number of hydrogen-bond donors (Lipinski definition) is 2. The largest absolute Gasteiger partial charge is 0.393 e. The number of pyridine rings is 1. The molecule has 1 aromatic heterocycles. The number of aryl methyl sites for hydroxylation is 1. The Balaban J connectivity index is 2.33. The molecular formula is C13H20N2O2. The van der Waals surface area contributed by atoms with E-state index in [2.05, 4.69) is 10.3 Å². The van der Waals surface area contributed by atoms with E-state index in [-0.39, 0.29) is 12.0 Å². The fourth-order valence-corrected chi connectivity index (χ4v) is 1.50. The first kappa shape index (κ1) is 13.6. The highest BCUT2D eigenvalue weighted by atomic mass is 16.3. The van der Waals surface area contributed by atoms with Crippen LogP contribution in [-0.4, -0.2) is 28.6 Å². The summed E-state index contributed by atoms with van der Waals surface area (Å²) < 4.78 is 0. The van der Waals surface area contributed by atoms with Crippen molar-refractivity contribution in [3.63, 3.8) is 0 Å². The zero-order chi connectivity index (χ0) is 12.7. The highest BCUT2D eigenvalue weighted by molar-refractivity contribution is 5.78. The fraction of sp³-hybridized carbons (Fsp3) is 0.538. The Morgan fingerprint density at radius 3 is 3.00 bits per heavy atom. The lowest BCUT2D eigenvalue weighted by molar-refractivity contribution is -0.120. The third kappa shape index (κ3) is 4.95. The number of aromatic nitrogens is 1. The number of nitrogens with one attached hydrogen (secondary N) is 1. The van der Waals surface area contributed by atoms with Crippen molar-refractivity contribution in [1.29, 1.82) is 0 Å². The van der Waals surface area contributed by atoms with Gasteiger partial charge in [-0.25, -0.2) is 0 Å². The molecule has 0 aliphatic rings. The van der Waals surface area contributed by atoms with Crippen molar-refractivity contribution in [1.82, 2.24) is 10.3 Å². The maximum absolute atomic E-state index is 11.6. The zero-order valence-electron chi connectivity index (χ0n) is 10.4.